The third-order valence-electron chi connectivity index (χ3n) is 2.88. The zero-order valence-electron chi connectivity index (χ0n) is 11.2. The van der Waals surface area contributed by atoms with Crippen molar-refractivity contribution in [3.05, 3.63) is 35.6 Å². The van der Waals surface area contributed by atoms with Crippen molar-refractivity contribution in [2.75, 3.05) is 13.1 Å². The maximum atomic E-state index is 12.8. The average Bonchev–Trinajstić information content (AvgIpc) is 2.33. The number of hydrogen-bond donors (Lipinski definition) is 1. The smallest absolute Gasteiger partial charge is 0.317 e. The molecule has 0 radical (unpaired) electrons. The first kappa shape index (κ1) is 14.5. The van der Waals surface area contributed by atoms with Crippen molar-refractivity contribution in [2.45, 2.75) is 33.2 Å². The van der Waals surface area contributed by atoms with Crippen molar-refractivity contribution in [1.29, 1.82) is 0 Å². The molecule has 100 valence electrons. The number of carbonyl (C=O) groups excluding carboxylic acids is 1. The first-order chi connectivity index (χ1) is 8.56. The Morgan fingerprint density at radius 1 is 1.28 bits per heavy atom. The molecule has 1 atom stereocenters. The van der Waals surface area contributed by atoms with Crippen LogP contribution in [0.25, 0.3) is 0 Å². The summed E-state index contributed by atoms with van der Waals surface area (Å²) >= 11 is 0. The molecule has 0 saturated heterocycles. The highest BCUT2D eigenvalue weighted by molar-refractivity contribution is 5.74. The predicted octanol–water partition coefficient (Wildman–Crippen LogP) is 2.81. The molecule has 0 saturated carbocycles. The number of nitrogens with one attached hydrogen (secondary N) is 1. The van der Waals surface area contributed by atoms with E-state index in [-0.39, 0.29) is 17.9 Å². The van der Waals surface area contributed by atoms with Gasteiger partial charge >= 0.3 is 6.03 Å². The molecule has 1 N–H and O–H groups in total. The van der Waals surface area contributed by atoms with E-state index in [0.29, 0.717) is 19.5 Å². The number of carbonyl (C=O) groups is 1. The molecule has 0 aliphatic heterocycles. The lowest BCUT2D eigenvalue weighted by Gasteiger charge is -2.22. The summed E-state index contributed by atoms with van der Waals surface area (Å²) in [5.74, 6) is -0.237. The third kappa shape index (κ3) is 4.35. The van der Waals surface area contributed by atoms with Crippen LogP contribution in [-0.4, -0.2) is 30.1 Å². The topological polar surface area (TPSA) is 32.3 Å². The molecule has 3 nitrogen and oxygen atoms in total. The van der Waals surface area contributed by atoms with Crippen LogP contribution in [0.15, 0.2) is 24.3 Å². The molecule has 0 aliphatic carbocycles. The number of urea groups is 1. The molecule has 1 aromatic carbocycles. The van der Waals surface area contributed by atoms with E-state index >= 15 is 0 Å². The quantitative estimate of drug-likeness (QED) is 0.858. The van der Waals surface area contributed by atoms with Gasteiger partial charge in [-0.05, 0) is 44.9 Å². The van der Waals surface area contributed by atoms with E-state index in [0.717, 1.165) is 5.56 Å². The lowest BCUT2D eigenvalue weighted by Crippen LogP contribution is -2.44. The van der Waals surface area contributed by atoms with Gasteiger partial charge in [0.2, 0.25) is 0 Å². The summed E-state index contributed by atoms with van der Waals surface area (Å²) in [6, 6.07) is 6.35. The van der Waals surface area contributed by atoms with Gasteiger partial charge in [0.05, 0.1) is 0 Å². The first-order valence-electron chi connectivity index (χ1n) is 6.36. The van der Waals surface area contributed by atoms with Crippen LogP contribution in [0.2, 0.25) is 0 Å². The van der Waals surface area contributed by atoms with E-state index in [1.807, 2.05) is 20.8 Å². The number of halogens is 1. The first-order valence-corrected chi connectivity index (χ1v) is 6.36. The summed E-state index contributed by atoms with van der Waals surface area (Å²) < 4.78 is 12.8. The summed E-state index contributed by atoms with van der Waals surface area (Å²) in [6.07, 6.45) is 0.702. The Morgan fingerprint density at radius 2 is 1.83 bits per heavy atom. The summed E-state index contributed by atoms with van der Waals surface area (Å²) in [6.45, 7) is 7.25. The van der Waals surface area contributed by atoms with Crippen LogP contribution in [0.3, 0.4) is 0 Å². The van der Waals surface area contributed by atoms with Gasteiger partial charge in [0, 0.05) is 19.1 Å². The lowest BCUT2D eigenvalue weighted by molar-refractivity contribution is 0.200. The van der Waals surface area contributed by atoms with Crippen molar-refractivity contribution >= 4 is 6.03 Å². The number of amides is 2. The van der Waals surface area contributed by atoms with Crippen LogP contribution >= 0.6 is 0 Å². The molecule has 0 heterocycles. The molecule has 0 spiro atoms. The fourth-order valence-corrected chi connectivity index (χ4v) is 1.84. The zero-order valence-corrected chi connectivity index (χ0v) is 11.2. The summed E-state index contributed by atoms with van der Waals surface area (Å²) in [5, 5.41) is 2.94. The van der Waals surface area contributed by atoms with Crippen molar-refractivity contribution in [3.8, 4) is 0 Å². The van der Waals surface area contributed by atoms with Crippen LogP contribution in [0.1, 0.15) is 26.3 Å². The Balaban J connectivity index is 2.48. The zero-order chi connectivity index (χ0) is 13.5. The van der Waals surface area contributed by atoms with Gasteiger partial charge in [-0.25, -0.2) is 9.18 Å². The fourth-order valence-electron chi connectivity index (χ4n) is 1.84. The molecular formula is C14H21FN2O. The standard InChI is InChI=1S/C14H21FN2O/c1-4-17(5-2)14(18)16-11(3)10-12-6-8-13(15)9-7-12/h6-9,11H,4-5,10H2,1-3H3,(H,16,18). The van der Waals surface area contributed by atoms with Crippen LogP contribution in [0.4, 0.5) is 9.18 Å². The van der Waals surface area contributed by atoms with E-state index in [2.05, 4.69) is 5.32 Å². The van der Waals surface area contributed by atoms with E-state index in [9.17, 15) is 9.18 Å². The molecule has 0 aromatic heterocycles. The van der Waals surface area contributed by atoms with Crippen LogP contribution in [0, 0.1) is 5.82 Å². The molecule has 18 heavy (non-hydrogen) atoms. The van der Waals surface area contributed by atoms with Gasteiger partial charge in [-0.2, -0.15) is 0 Å². The maximum Gasteiger partial charge on any atom is 0.317 e. The van der Waals surface area contributed by atoms with E-state index in [1.165, 1.54) is 12.1 Å². The second-order valence-electron chi connectivity index (χ2n) is 4.35. The molecule has 0 aliphatic rings. The number of hydrogen-bond acceptors (Lipinski definition) is 1. The normalized spacial score (nSPS) is 12.0. The van der Waals surface area contributed by atoms with Crippen molar-refractivity contribution in [2.24, 2.45) is 0 Å². The van der Waals surface area contributed by atoms with Gasteiger partial charge in [-0.3, -0.25) is 0 Å². The fraction of sp³-hybridized carbons (Fsp3) is 0.500. The Kier molecular flexibility index (Phi) is 5.62. The number of nitrogens with zero attached hydrogens (tertiary/aromatic N) is 1. The van der Waals surface area contributed by atoms with E-state index in [1.54, 1.807) is 17.0 Å². The second-order valence-corrected chi connectivity index (χ2v) is 4.35. The van der Waals surface area contributed by atoms with Gasteiger partial charge in [-0.15, -0.1) is 0 Å². The van der Waals surface area contributed by atoms with Gasteiger partial charge in [0.25, 0.3) is 0 Å². The highest BCUT2D eigenvalue weighted by Gasteiger charge is 2.12. The van der Waals surface area contributed by atoms with Gasteiger partial charge in [0.15, 0.2) is 0 Å². The summed E-state index contributed by atoms with van der Waals surface area (Å²) in [5.41, 5.74) is 1.02. The van der Waals surface area contributed by atoms with Gasteiger partial charge in [-0.1, -0.05) is 12.1 Å². The molecule has 1 aromatic rings. The highest BCUT2D eigenvalue weighted by atomic mass is 19.1. The Bertz CT molecular complexity index is 374. The largest absolute Gasteiger partial charge is 0.335 e. The van der Waals surface area contributed by atoms with Gasteiger partial charge in [0.1, 0.15) is 5.82 Å². The van der Waals surface area contributed by atoms with Crippen molar-refractivity contribution in [1.82, 2.24) is 10.2 Å². The Labute approximate surface area is 108 Å². The molecular weight excluding hydrogens is 231 g/mol. The van der Waals surface area contributed by atoms with E-state index < -0.39 is 0 Å². The maximum absolute atomic E-state index is 12.8. The predicted molar refractivity (Wildman–Crippen MR) is 71.0 cm³/mol. The van der Waals surface area contributed by atoms with E-state index in [4.69, 9.17) is 0 Å². The summed E-state index contributed by atoms with van der Waals surface area (Å²) in [4.78, 5) is 13.6. The molecule has 2 amide bonds. The minimum atomic E-state index is -0.237. The monoisotopic (exact) mass is 252 g/mol. The van der Waals surface area contributed by atoms with Crippen LogP contribution in [-0.2, 0) is 6.42 Å². The van der Waals surface area contributed by atoms with Crippen LogP contribution < -0.4 is 5.32 Å². The molecule has 1 rings (SSSR count). The molecule has 1 unspecified atom stereocenters. The molecule has 4 heteroatoms. The minimum absolute atomic E-state index is 0.0311. The minimum Gasteiger partial charge on any atom is -0.335 e. The number of rotatable bonds is 5. The Hall–Kier alpha value is -1.58. The number of benzene rings is 1. The van der Waals surface area contributed by atoms with Crippen molar-refractivity contribution < 1.29 is 9.18 Å². The highest BCUT2D eigenvalue weighted by Crippen LogP contribution is 2.06. The molecule has 0 bridgehead atoms. The van der Waals surface area contributed by atoms with Gasteiger partial charge < -0.3 is 10.2 Å². The third-order valence-corrected chi connectivity index (χ3v) is 2.88. The van der Waals surface area contributed by atoms with Crippen molar-refractivity contribution in [3.63, 3.8) is 0 Å². The summed E-state index contributed by atoms with van der Waals surface area (Å²) in [7, 11) is 0. The lowest BCUT2D eigenvalue weighted by atomic mass is 10.1. The average molecular weight is 252 g/mol. The Morgan fingerprint density at radius 3 is 2.33 bits per heavy atom. The SMILES string of the molecule is CCN(CC)C(=O)NC(C)Cc1ccc(F)cc1. The van der Waals surface area contributed by atoms with Crippen LogP contribution in [0.5, 0.6) is 0 Å². The molecule has 0 fully saturated rings. The second kappa shape index (κ2) is 6.99.